The second-order valence-electron chi connectivity index (χ2n) is 5.29. The van der Waals surface area contributed by atoms with Crippen molar-refractivity contribution in [2.24, 2.45) is 0 Å². The quantitative estimate of drug-likeness (QED) is 0.404. The Labute approximate surface area is 132 Å². The predicted octanol–water partition coefficient (Wildman–Crippen LogP) is 3.42. The fourth-order valence-electron chi connectivity index (χ4n) is 2.23. The van der Waals surface area contributed by atoms with Crippen LogP contribution in [0, 0.1) is 0 Å². The molecule has 0 bridgehead atoms. The van der Waals surface area contributed by atoms with Gasteiger partial charge in [-0.1, -0.05) is 58.8 Å². The summed E-state index contributed by atoms with van der Waals surface area (Å²) in [5, 5.41) is 0. The average molecular weight is 337 g/mol. The summed E-state index contributed by atoms with van der Waals surface area (Å²) in [5.74, 6) is 0. The van der Waals surface area contributed by atoms with Gasteiger partial charge in [-0.3, -0.25) is 0 Å². The summed E-state index contributed by atoms with van der Waals surface area (Å²) in [6.45, 7) is 4.20. The van der Waals surface area contributed by atoms with Gasteiger partial charge in [0.2, 0.25) is 20.6 Å². The van der Waals surface area contributed by atoms with Crippen molar-refractivity contribution < 1.29 is 16.8 Å². The maximum Gasteiger partial charge on any atom is 0.218 e. The summed E-state index contributed by atoms with van der Waals surface area (Å²) >= 11 is 0. The molecule has 0 saturated carbocycles. The van der Waals surface area contributed by atoms with Crippen LogP contribution in [0.4, 0.5) is 0 Å². The Morgan fingerprint density at radius 2 is 0.905 bits per heavy atom. The van der Waals surface area contributed by atoms with Gasteiger partial charge in [0.15, 0.2) is 0 Å². The smallest absolute Gasteiger partial charge is 0.184 e. The van der Waals surface area contributed by atoms with Gasteiger partial charge in [0.05, 0.1) is 9.73 Å². The Morgan fingerprint density at radius 3 is 1.24 bits per heavy atom. The molecule has 0 fully saturated rings. The molecule has 0 spiro atoms. The van der Waals surface area contributed by atoms with Crippen molar-refractivity contribution in [1.82, 2.24) is 0 Å². The molecule has 4 nitrogen and oxygen atoms in total. The first-order valence-corrected chi connectivity index (χ1v) is 10.1. The Morgan fingerprint density at radius 1 is 0.571 bits per heavy atom. The van der Waals surface area contributed by atoms with Gasteiger partial charge in [0.1, 0.15) is 0 Å². The Hall–Kier alpha value is -0.620. The highest BCUT2D eigenvalue weighted by atomic mass is 32.2. The van der Waals surface area contributed by atoms with Crippen molar-refractivity contribution in [2.45, 2.75) is 84.5 Å². The lowest BCUT2D eigenvalue weighted by Crippen LogP contribution is -2.16. The Balaban J connectivity index is 4.68. The number of hydrogen-bond acceptors (Lipinski definition) is 4. The SMILES string of the molecule is CCCCCCCC(C(CCCCCC)=S(=O)=O)=S(=O)=O. The zero-order chi connectivity index (χ0) is 16.1. The molecule has 0 radical (unpaired) electrons. The van der Waals surface area contributed by atoms with Crippen LogP contribution >= 0.6 is 0 Å². The molecular weight excluding hydrogens is 308 g/mol. The first-order chi connectivity index (χ1) is 10.0. The van der Waals surface area contributed by atoms with E-state index in [0.29, 0.717) is 12.8 Å². The summed E-state index contributed by atoms with van der Waals surface area (Å²) in [4.78, 5) is 0.186. The zero-order valence-electron chi connectivity index (χ0n) is 13.2. The third-order valence-corrected chi connectivity index (χ3v) is 5.31. The van der Waals surface area contributed by atoms with Gasteiger partial charge in [-0.25, -0.2) is 0 Å². The molecule has 0 amide bonds. The molecule has 6 heteroatoms. The maximum atomic E-state index is 11.3. The molecule has 0 aromatic rings. The van der Waals surface area contributed by atoms with Crippen LogP contribution in [0.15, 0.2) is 0 Å². The molecule has 0 atom stereocenters. The van der Waals surface area contributed by atoms with Gasteiger partial charge in [-0.2, -0.15) is 16.8 Å². The standard InChI is InChI=1S/C15H28O4S2/c1-3-5-7-9-11-13-15(21(18)19)14(20(16)17)12-10-8-6-4-2/h3-13H2,1-2H3. The second-order valence-corrected chi connectivity index (χ2v) is 7.22. The summed E-state index contributed by atoms with van der Waals surface area (Å²) in [7, 11) is -4.86. The van der Waals surface area contributed by atoms with Gasteiger partial charge in [0.25, 0.3) is 0 Å². The van der Waals surface area contributed by atoms with Crippen LogP contribution in [0.25, 0.3) is 0 Å². The van der Waals surface area contributed by atoms with E-state index in [9.17, 15) is 16.8 Å². The van der Waals surface area contributed by atoms with E-state index in [1.807, 2.05) is 0 Å². The van der Waals surface area contributed by atoms with Crippen molar-refractivity contribution in [3.63, 3.8) is 0 Å². The molecule has 0 unspecified atom stereocenters. The minimum atomic E-state index is -2.43. The first-order valence-electron chi connectivity index (χ1n) is 7.95. The Bertz CT molecular complexity index is 526. The van der Waals surface area contributed by atoms with Crippen LogP contribution < -0.4 is 0 Å². The molecule has 0 aliphatic carbocycles. The highest BCUT2D eigenvalue weighted by Gasteiger charge is 2.12. The van der Waals surface area contributed by atoms with E-state index in [4.69, 9.17) is 0 Å². The van der Waals surface area contributed by atoms with E-state index in [-0.39, 0.29) is 9.73 Å². The van der Waals surface area contributed by atoms with Crippen molar-refractivity contribution in [1.29, 1.82) is 0 Å². The highest BCUT2D eigenvalue weighted by Crippen LogP contribution is 2.09. The van der Waals surface area contributed by atoms with Gasteiger partial charge in [-0.05, 0) is 25.7 Å². The lowest BCUT2D eigenvalue weighted by Gasteiger charge is -2.05. The van der Waals surface area contributed by atoms with Crippen LogP contribution in [0.3, 0.4) is 0 Å². The molecular formula is C15H28O4S2. The highest BCUT2D eigenvalue weighted by molar-refractivity contribution is 7.82. The second kappa shape index (κ2) is 13.1. The monoisotopic (exact) mass is 336 g/mol. The van der Waals surface area contributed by atoms with Gasteiger partial charge >= 0.3 is 0 Å². The average Bonchev–Trinajstić information content (AvgIpc) is 2.43. The minimum absolute atomic E-state index is 0.0925. The fraction of sp³-hybridized carbons (Fsp3) is 0.867. The van der Waals surface area contributed by atoms with E-state index in [1.165, 1.54) is 0 Å². The summed E-state index contributed by atoms with van der Waals surface area (Å²) in [6.07, 6.45) is 9.48. The zero-order valence-corrected chi connectivity index (χ0v) is 14.9. The lowest BCUT2D eigenvalue weighted by atomic mass is 10.0. The summed E-state index contributed by atoms with van der Waals surface area (Å²) in [5.41, 5.74) is 0. The lowest BCUT2D eigenvalue weighted by molar-refractivity contribution is 0.622. The van der Waals surface area contributed by atoms with Crippen LogP contribution in [0.1, 0.15) is 84.5 Å². The molecule has 0 aliphatic heterocycles. The molecule has 0 saturated heterocycles. The molecule has 21 heavy (non-hydrogen) atoms. The van der Waals surface area contributed by atoms with Gasteiger partial charge in [0, 0.05) is 0 Å². The molecule has 0 aliphatic rings. The predicted molar refractivity (Wildman–Crippen MR) is 90.0 cm³/mol. The van der Waals surface area contributed by atoms with Crippen molar-refractivity contribution >= 4 is 30.3 Å². The van der Waals surface area contributed by atoms with Gasteiger partial charge < -0.3 is 0 Å². The molecule has 0 heterocycles. The van der Waals surface area contributed by atoms with E-state index in [1.54, 1.807) is 0 Å². The molecule has 0 N–H and O–H groups in total. The van der Waals surface area contributed by atoms with Crippen molar-refractivity contribution in [3.8, 4) is 0 Å². The minimum Gasteiger partial charge on any atom is -0.184 e. The fourth-order valence-corrected chi connectivity index (χ4v) is 3.84. The van der Waals surface area contributed by atoms with E-state index >= 15 is 0 Å². The Kier molecular flexibility index (Phi) is 12.7. The molecule has 0 rings (SSSR count). The third kappa shape index (κ3) is 9.85. The van der Waals surface area contributed by atoms with Crippen LogP contribution in [0.2, 0.25) is 0 Å². The van der Waals surface area contributed by atoms with E-state index in [2.05, 4.69) is 13.8 Å². The van der Waals surface area contributed by atoms with Gasteiger partial charge in [-0.15, -0.1) is 0 Å². The van der Waals surface area contributed by atoms with Crippen molar-refractivity contribution in [2.75, 3.05) is 0 Å². The van der Waals surface area contributed by atoms with Crippen LogP contribution in [-0.2, 0) is 20.6 Å². The van der Waals surface area contributed by atoms with Crippen LogP contribution in [-0.4, -0.2) is 26.6 Å². The number of unbranched alkanes of at least 4 members (excludes halogenated alkanes) is 7. The summed E-state index contributed by atoms with van der Waals surface area (Å²) < 4.78 is 45.3. The van der Waals surface area contributed by atoms with E-state index < -0.39 is 20.6 Å². The molecule has 0 aromatic heterocycles. The topological polar surface area (TPSA) is 68.3 Å². The largest absolute Gasteiger partial charge is 0.218 e. The normalized spacial score (nSPS) is 10.4. The first kappa shape index (κ1) is 20.4. The maximum absolute atomic E-state index is 11.3. The third-order valence-electron chi connectivity index (χ3n) is 3.48. The number of hydrogen-bond donors (Lipinski definition) is 0. The molecule has 124 valence electrons. The number of rotatable bonds is 12. The molecule has 0 aromatic carbocycles. The van der Waals surface area contributed by atoms with E-state index in [0.717, 1.165) is 57.8 Å². The van der Waals surface area contributed by atoms with Crippen molar-refractivity contribution in [3.05, 3.63) is 0 Å². The summed E-state index contributed by atoms with van der Waals surface area (Å²) in [6, 6.07) is 0. The van der Waals surface area contributed by atoms with Crippen LogP contribution in [0.5, 0.6) is 0 Å².